The number of piperidine rings is 1. The molecule has 1 spiro atoms. The number of fused-ring (bicyclic) bond motifs is 1. The van der Waals surface area contributed by atoms with Crippen LogP contribution in [0.2, 0.25) is 5.02 Å². The van der Waals surface area contributed by atoms with Gasteiger partial charge >= 0.3 is 0 Å². The zero-order valence-corrected chi connectivity index (χ0v) is 15.1. The maximum absolute atomic E-state index is 12.5. The van der Waals surface area contributed by atoms with Gasteiger partial charge in [-0.3, -0.25) is 9.69 Å². The van der Waals surface area contributed by atoms with Gasteiger partial charge in [0.2, 0.25) is 0 Å². The quantitative estimate of drug-likeness (QED) is 0.861. The fraction of sp³-hybridized carbons (Fsp3) is 0.350. The summed E-state index contributed by atoms with van der Waals surface area (Å²) in [5.74, 6) is 0.0311. The van der Waals surface area contributed by atoms with Crippen molar-refractivity contribution < 1.29 is 4.79 Å². The number of nitrogens with zero attached hydrogens (tertiary/aromatic N) is 1. The Bertz CT molecular complexity index is 795. The average Bonchev–Trinajstić information content (AvgIpc) is 2.60. The number of rotatable bonds is 2. The van der Waals surface area contributed by atoms with E-state index in [4.69, 9.17) is 11.6 Å². The SMILES string of the molecule is Cc1cccc2c1NC1(CCN(Cc3ccc(Cl)cc3)CC1)NC2=O. The number of anilines is 1. The van der Waals surface area contributed by atoms with Gasteiger partial charge in [0.25, 0.3) is 5.91 Å². The molecule has 2 N–H and O–H groups in total. The predicted octanol–water partition coefficient (Wildman–Crippen LogP) is 3.80. The van der Waals surface area contributed by atoms with Gasteiger partial charge in [-0.15, -0.1) is 0 Å². The van der Waals surface area contributed by atoms with Crippen LogP contribution in [0.25, 0.3) is 0 Å². The van der Waals surface area contributed by atoms with Gasteiger partial charge in [0, 0.05) is 37.5 Å². The first-order valence-electron chi connectivity index (χ1n) is 8.72. The first-order chi connectivity index (χ1) is 12.0. The Hall–Kier alpha value is -2.04. The predicted molar refractivity (Wildman–Crippen MR) is 101 cm³/mol. The number of halogens is 1. The van der Waals surface area contributed by atoms with Crippen molar-refractivity contribution in [2.75, 3.05) is 18.4 Å². The molecule has 1 amide bonds. The standard InChI is InChI=1S/C20H22ClN3O/c1-14-3-2-4-17-18(14)22-20(23-19(17)25)9-11-24(12-10-20)13-15-5-7-16(21)8-6-15/h2-8,22H,9-13H2,1H3,(H,23,25). The number of carbonyl (C=O) groups is 1. The Labute approximate surface area is 153 Å². The van der Waals surface area contributed by atoms with E-state index in [1.54, 1.807) is 0 Å². The summed E-state index contributed by atoms with van der Waals surface area (Å²) < 4.78 is 0. The maximum atomic E-state index is 12.5. The first kappa shape index (κ1) is 16.4. The second kappa shape index (κ2) is 6.36. The van der Waals surface area contributed by atoms with Crippen LogP contribution in [0.3, 0.4) is 0 Å². The van der Waals surface area contributed by atoms with E-state index < -0.39 is 0 Å². The summed E-state index contributed by atoms with van der Waals surface area (Å²) in [5, 5.41) is 7.61. The first-order valence-corrected chi connectivity index (χ1v) is 9.10. The topological polar surface area (TPSA) is 44.4 Å². The molecule has 2 aliphatic heterocycles. The van der Waals surface area contributed by atoms with E-state index in [9.17, 15) is 4.79 Å². The molecular weight excluding hydrogens is 334 g/mol. The molecular formula is C20H22ClN3O. The Morgan fingerprint density at radius 2 is 1.80 bits per heavy atom. The van der Waals surface area contributed by atoms with Crippen LogP contribution in [0, 0.1) is 6.92 Å². The maximum Gasteiger partial charge on any atom is 0.255 e. The molecule has 1 saturated heterocycles. The fourth-order valence-corrected chi connectivity index (χ4v) is 3.89. The largest absolute Gasteiger partial charge is 0.362 e. The van der Waals surface area contributed by atoms with E-state index in [2.05, 4.69) is 27.7 Å². The van der Waals surface area contributed by atoms with Crippen LogP contribution in [0.5, 0.6) is 0 Å². The molecule has 0 atom stereocenters. The van der Waals surface area contributed by atoms with Gasteiger partial charge in [-0.25, -0.2) is 0 Å². The molecule has 25 heavy (non-hydrogen) atoms. The van der Waals surface area contributed by atoms with Crippen molar-refractivity contribution in [3.63, 3.8) is 0 Å². The van der Waals surface area contributed by atoms with E-state index in [1.165, 1.54) is 5.56 Å². The van der Waals surface area contributed by atoms with Crippen molar-refractivity contribution in [3.05, 3.63) is 64.2 Å². The van der Waals surface area contributed by atoms with Gasteiger partial charge in [0.05, 0.1) is 11.3 Å². The third kappa shape index (κ3) is 3.24. The average molecular weight is 356 g/mol. The third-order valence-corrected chi connectivity index (χ3v) is 5.52. The normalized spacial score (nSPS) is 19.2. The smallest absolute Gasteiger partial charge is 0.255 e. The zero-order valence-electron chi connectivity index (χ0n) is 14.3. The Morgan fingerprint density at radius 1 is 1.08 bits per heavy atom. The molecule has 2 aromatic carbocycles. The van der Waals surface area contributed by atoms with Gasteiger partial charge in [-0.1, -0.05) is 35.9 Å². The number of hydrogen-bond acceptors (Lipinski definition) is 3. The van der Waals surface area contributed by atoms with E-state index in [0.29, 0.717) is 0 Å². The lowest BCUT2D eigenvalue weighted by Gasteiger charge is -2.46. The molecule has 5 heteroatoms. The highest BCUT2D eigenvalue weighted by Crippen LogP contribution is 2.33. The third-order valence-electron chi connectivity index (χ3n) is 5.26. The molecule has 4 rings (SSSR count). The van der Waals surface area contributed by atoms with Crippen LogP contribution in [-0.2, 0) is 6.54 Å². The number of nitrogens with one attached hydrogen (secondary N) is 2. The van der Waals surface area contributed by atoms with Crippen molar-refractivity contribution in [1.29, 1.82) is 0 Å². The molecule has 2 heterocycles. The molecule has 0 unspecified atom stereocenters. The number of likely N-dealkylation sites (tertiary alicyclic amines) is 1. The molecule has 2 aliphatic rings. The number of amides is 1. The highest BCUT2D eigenvalue weighted by Gasteiger charge is 2.40. The molecule has 0 aliphatic carbocycles. The summed E-state index contributed by atoms with van der Waals surface area (Å²) in [5.41, 5.74) is 3.79. The summed E-state index contributed by atoms with van der Waals surface area (Å²) in [7, 11) is 0. The summed E-state index contributed by atoms with van der Waals surface area (Å²) in [6.45, 7) is 4.85. The lowest BCUT2D eigenvalue weighted by Crippen LogP contribution is -2.62. The lowest BCUT2D eigenvalue weighted by atomic mass is 9.91. The molecule has 0 aromatic heterocycles. The molecule has 0 radical (unpaired) electrons. The highest BCUT2D eigenvalue weighted by molar-refractivity contribution is 6.30. The van der Waals surface area contributed by atoms with Crippen LogP contribution in [0.4, 0.5) is 5.69 Å². The molecule has 0 saturated carbocycles. The van der Waals surface area contributed by atoms with Crippen LogP contribution in [0.15, 0.2) is 42.5 Å². The van der Waals surface area contributed by atoms with Crippen molar-refractivity contribution in [1.82, 2.24) is 10.2 Å². The van der Waals surface area contributed by atoms with Gasteiger partial charge in [0.1, 0.15) is 5.66 Å². The molecule has 1 fully saturated rings. The van der Waals surface area contributed by atoms with E-state index in [1.807, 2.05) is 37.3 Å². The van der Waals surface area contributed by atoms with E-state index >= 15 is 0 Å². The van der Waals surface area contributed by atoms with Crippen molar-refractivity contribution >= 4 is 23.2 Å². The minimum Gasteiger partial charge on any atom is -0.362 e. The van der Waals surface area contributed by atoms with Crippen LogP contribution >= 0.6 is 11.6 Å². The molecule has 2 aromatic rings. The van der Waals surface area contributed by atoms with Crippen molar-refractivity contribution in [3.8, 4) is 0 Å². The summed E-state index contributed by atoms with van der Waals surface area (Å²) in [6.07, 6.45) is 1.78. The second-order valence-corrected chi connectivity index (χ2v) is 7.50. The highest BCUT2D eigenvalue weighted by atomic mass is 35.5. The summed E-state index contributed by atoms with van der Waals surface area (Å²) >= 11 is 5.96. The van der Waals surface area contributed by atoms with Crippen LogP contribution in [-0.4, -0.2) is 29.6 Å². The lowest BCUT2D eigenvalue weighted by molar-refractivity contribution is 0.0822. The molecule has 0 bridgehead atoms. The zero-order chi connectivity index (χ0) is 17.4. The Kier molecular flexibility index (Phi) is 4.18. The fourth-order valence-electron chi connectivity index (χ4n) is 3.77. The Balaban J connectivity index is 1.45. The van der Waals surface area contributed by atoms with Crippen LogP contribution < -0.4 is 10.6 Å². The molecule has 130 valence electrons. The van der Waals surface area contributed by atoms with Crippen molar-refractivity contribution in [2.24, 2.45) is 0 Å². The molecule has 4 nitrogen and oxygen atoms in total. The van der Waals surface area contributed by atoms with Gasteiger partial charge in [-0.05, 0) is 36.2 Å². The second-order valence-electron chi connectivity index (χ2n) is 7.06. The minimum atomic E-state index is -0.327. The van der Waals surface area contributed by atoms with E-state index in [0.717, 1.165) is 54.3 Å². The number of para-hydroxylation sites is 1. The number of benzene rings is 2. The summed E-state index contributed by atoms with van der Waals surface area (Å²) in [6, 6.07) is 13.9. The minimum absolute atomic E-state index is 0.0311. The Morgan fingerprint density at radius 3 is 2.52 bits per heavy atom. The van der Waals surface area contributed by atoms with Gasteiger partial charge in [0.15, 0.2) is 0 Å². The van der Waals surface area contributed by atoms with Crippen LogP contribution in [0.1, 0.15) is 34.3 Å². The number of carbonyl (C=O) groups excluding carboxylic acids is 1. The summed E-state index contributed by atoms with van der Waals surface area (Å²) in [4.78, 5) is 15.0. The number of hydrogen-bond donors (Lipinski definition) is 2. The van der Waals surface area contributed by atoms with Crippen molar-refractivity contribution in [2.45, 2.75) is 32.0 Å². The van der Waals surface area contributed by atoms with Gasteiger partial charge in [-0.2, -0.15) is 0 Å². The monoisotopic (exact) mass is 355 g/mol. The van der Waals surface area contributed by atoms with Gasteiger partial charge < -0.3 is 10.6 Å². The van der Waals surface area contributed by atoms with E-state index in [-0.39, 0.29) is 11.6 Å². The number of aryl methyl sites for hydroxylation is 1.